The number of fused-ring (bicyclic) bond motifs is 1. The lowest BCUT2D eigenvalue weighted by Gasteiger charge is -2.31. The Balaban J connectivity index is 1.30. The monoisotopic (exact) mass is 444 g/mol. The number of halogens is 1. The zero-order valence-corrected chi connectivity index (χ0v) is 17.9. The minimum Gasteiger partial charge on any atom is -0.356 e. The summed E-state index contributed by atoms with van der Waals surface area (Å²) in [4.78, 5) is 17.0. The number of rotatable bonds is 7. The number of nitrogens with zero attached hydrogens (tertiary/aromatic N) is 3. The summed E-state index contributed by atoms with van der Waals surface area (Å²) in [7, 11) is -3.74. The van der Waals surface area contributed by atoms with Crippen LogP contribution in [0.2, 0.25) is 0 Å². The highest BCUT2D eigenvalue weighted by Crippen LogP contribution is 2.24. The third-order valence-corrected chi connectivity index (χ3v) is 7.49. The number of piperidine rings is 1. The third-order valence-electron chi connectivity index (χ3n) is 5.61. The van der Waals surface area contributed by atoms with E-state index in [1.165, 1.54) is 16.4 Å². The first-order valence-corrected chi connectivity index (χ1v) is 11.8. The minimum atomic E-state index is -3.74. The van der Waals surface area contributed by atoms with E-state index >= 15 is 0 Å². The maximum absolute atomic E-state index is 13.1. The van der Waals surface area contributed by atoms with Gasteiger partial charge in [0.1, 0.15) is 5.82 Å². The number of imidazole rings is 1. The molecule has 0 radical (unpaired) electrons. The van der Waals surface area contributed by atoms with E-state index in [1.807, 2.05) is 24.3 Å². The van der Waals surface area contributed by atoms with Crippen LogP contribution in [0.3, 0.4) is 0 Å². The van der Waals surface area contributed by atoms with Crippen molar-refractivity contribution in [2.24, 2.45) is 5.92 Å². The molecule has 2 heterocycles. The number of amides is 1. The van der Waals surface area contributed by atoms with Gasteiger partial charge in [-0.3, -0.25) is 4.79 Å². The highest BCUT2D eigenvalue weighted by Gasteiger charge is 2.33. The molecular formula is C22H25FN4O3S. The minimum absolute atomic E-state index is 0.0440. The van der Waals surface area contributed by atoms with E-state index < -0.39 is 21.8 Å². The third kappa shape index (κ3) is 4.77. The molecule has 1 aliphatic rings. The summed E-state index contributed by atoms with van der Waals surface area (Å²) in [6.07, 6.45) is 3.80. The van der Waals surface area contributed by atoms with Crippen LogP contribution in [0.15, 0.2) is 59.8 Å². The lowest BCUT2D eigenvalue weighted by molar-refractivity contribution is -0.126. The van der Waals surface area contributed by atoms with Crippen LogP contribution < -0.4 is 5.32 Å². The van der Waals surface area contributed by atoms with E-state index in [4.69, 9.17) is 0 Å². The zero-order chi connectivity index (χ0) is 21.8. The van der Waals surface area contributed by atoms with E-state index in [0.717, 1.165) is 36.1 Å². The molecule has 1 N–H and O–H groups in total. The van der Waals surface area contributed by atoms with Crippen LogP contribution in [0, 0.1) is 11.7 Å². The second-order valence-electron chi connectivity index (χ2n) is 7.73. The number of carbonyl (C=O) groups excluding carboxylic acids is 1. The molecule has 0 aliphatic carbocycles. The van der Waals surface area contributed by atoms with Gasteiger partial charge in [-0.2, -0.15) is 4.31 Å². The van der Waals surface area contributed by atoms with Crippen LogP contribution >= 0.6 is 0 Å². The quantitative estimate of drug-likeness (QED) is 0.568. The molecule has 3 aromatic rings. The summed E-state index contributed by atoms with van der Waals surface area (Å²) in [6.45, 7) is 1.73. The fourth-order valence-corrected chi connectivity index (χ4v) is 5.45. The first kappa shape index (κ1) is 21.5. The summed E-state index contributed by atoms with van der Waals surface area (Å²) in [5.74, 6) is -1.01. The van der Waals surface area contributed by atoms with Crippen molar-refractivity contribution in [1.82, 2.24) is 19.2 Å². The molecule has 0 saturated carbocycles. The summed E-state index contributed by atoms with van der Waals surface area (Å²) >= 11 is 0. The summed E-state index contributed by atoms with van der Waals surface area (Å²) in [5, 5.41) is 2.94. The van der Waals surface area contributed by atoms with Gasteiger partial charge < -0.3 is 9.88 Å². The number of nitrogens with one attached hydrogen (secondary N) is 1. The molecule has 1 amide bonds. The maximum Gasteiger partial charge on any atom is 0.243 e. The van der Waals surface area contributed by atoms with Crippen LogP contribution in [0.4, 0.5) is 4.39 Å². The van der Waals surface area contributed by atoms with Gasteiger partial charge >= 0.3 is 0 Å². The van der Waals surface area contributed by atoms with Crippen molar-refractivity contribution < 1.29 is 17.6 Å². The molecule has 1 saturated heterocycles. The number of carbonyl (C=O) groups is 1. The number of para-hydroxylation sites is 2. The van der Waals surface area contributed by atoms with Crippen molar-refractivity contribution in [3.8, 4) is 0 Å². The van der Waals surface area contributed by atoms with Crippen molar-refractivity contribution in [2.45, 2.75) is 30.7 Å². The fraction of sp³-hybridized carbons (Fsp3) is 0.364. The predicted molar refractivity (Wildman–Crippen MR) is 115 cm³/mol. The van der Waals surface area contributed by atoms with Gasteiger partial charge in [-0.05, 0) is 55.7 Å². The lowest BCUT2D eigenvalue weighted by atomic mass is 9.99. The van der Waals surface area contributed by atoms with E-state index in [0.29, 0.717) is 25.9 Å². The average molecular weight is 445 g/mol. The smallest absolute Gasteiger partial charge is 0.243 e. The average Bonchev–Trinajstić information content (AvgIpc) is 3.20. The van der Waals surface area contributed by atoms with Gasteiger partial charge in [0, 0.05) is 26.2 Å². The first-order valence-electron chi connectivity index (χ1n) is 10.4. The Bertz CT molecular complexity index is 1160. The molecule has 2 aromatic carbocycles. The van der Waals surface area contributed by atoms with Crippen molar-refractivity contribution in [2.75, 3.05) is 19.6 Å². The largest absolute Gasteiger partial charge is 0.356 e. The predicted octanol–water partition coefficient (Wildman–Crippen LogP) is 2.78. The number of aromatic nitrogens is 2. The highest BCUT2D eigenvalue weighted by atomic mass is 32.2. The molecule has 31 heavy (non-hydrogen) atoms. The number of hydrogen-bond acceptors (Lipinski definition) is 4. The van der Waals surface area contributed by atoms with Gasteiger partial charge in [-0.25, -0.2) is 17.8 Å². The normalized spacial score (nSPS) is 17.6. The summed E-state index contributed by atoms with van der Waals surface area (Å²) in [5.41, 5.74) is 2.00. The van der Waals surface area contributed by atoms with Crippen LogP contribution in [-0.2, 0) is 21.4 Å². The van der Waals surface area contributed by atoms with Crippen molar-refractivity contribution >= 4 is 27.0 Å². The van der Waals surface area contributed by atoms with E-state index in [1.54, 1.807) is 6.33 Å². The van der Waals surface area contributed by atoms with Crippen molar-refractivity contribution in [3.05, 3.63) is 60.7 Å². The van der Waals surface area contributed by atoms with Gasteiger partial charge in [0.05, 0.1) is 28.2 Å². The Morgan fingerprint density at radius 2 is 1.94 bits per heavy atom. The van der Waals surface area contributed by atoms with E-state index in [2.05, 4.69) is 14.9 Å². The van der Waals surface area contributed by atoms with Crippen LogP contribution in [0.5, 0.6) is 0 Å². The van der Waals surface area contributed by atoms with E-state index in [9.17, 15) is 17.6 Å². The molecule has 9 heteroatoms. The maximum atomic E-state index is 13.1. The summed E-state index contributed by atoms with van der Waals surface area (Å²) in [6, 6.07) is 12.7. The standard InChI is InChI=1S/C22H25FN4O3S/c23-18-8-10-19(11-9-18)31(29,30)27-14-3-5-17(15-27)22(28)24-12-4-13-26-16-25-20-6-1-2-7-21(20)26/h1-2,6-11,16-17H,3-5,12-15H2,(H,24,28). The van der Waals surface area contributed by atoms with Gasteiger partial charge in [0.15, 0.2) is 0 Å². The number of benzene rings is 2. The Hall–Kier alpha value is -2.78. The second kappa shape index (κ2) is 9.15. The highest BCUT2D eigenvalue weighted by molar-refractivity contribution is 7.89. The van der Waals surface area contributed by atoms with Gasteiger partial charge in [-0.1, -0.05) is 12.1 Å². The van der Waals surface area contributed by atoms with Gasteiger partial charge in [0.25, 0.3) is 0 Å². The number of hydrogen-bond donors (Lipinski definition) is 1. The first-order chi connectivity index (χ1) is 14.9. The molecule has 1 atom stereocenters. The van der Waals surface area contributed by atoms with Crippen LogP contribution in [0.1, 0.15) is 19.3 Å². The molecule has 1 aromatic heterocycles. The van der Waals surface area contributed by atoms with Gasteiger partial charge in [0.2, 0.25) is 15.9 Å². The van der Waals surface area contributed by atoms with Gasteiger partial charge in [-0.15, -0.1) is 0 Å². The Morgan fingerprint density at radius 3 is 2.74 bits per heavy atom. The number of sulfonamides is 1. The molecule has 0 spiro atoms. The summed E-state index contributed by atoms with van der Waals surface area (Å²) < 4.78 is 42.2. The van der Waals surface area contributed by atoms with E-state index in [-0.39, 0.29) is 17.3 Å². The zero-order valence-electron chi connectivity index (χ0n) is 17.1. The Labute approximate surface area is 180 Å². The molecule has 1 fully saturated rings. The molecular weight excluding hydrogens is 419 g/mol. The molecule has 164 valence electrons. The Morgan fingerprint density at radius 1 is 1.16 bits per heavy atom. The van der Waals surface area contributed by atoms with Crippen molar-refractivity contribution in [3.63, 3.8) is 0 Å². The lowest BCUT2D eigenvalue weighted by Crippen LogP contribution is -2.45. The van der Waals surface area contributed by atoms with Crippen LogP contribution in [0.25, 0.3) is 11.0 Å². The Kier molecular flexibility index (Phi) is 6.33. The topological polar surface area (TPSA) is 84.3 Å². The molecule has 0 bridgehead atoms. The van der Waals surface area contributed by atoms with Crippen molar-refractivity contribution in [1.29, 1.82) is 0 Å². The number of aryl methyl sites for hydroxylation is 1. The molecule has 4 rings (SSSR count). The second-order valence-corrected chi connectivity index (χ2v) is 9.67. The SMILES string of the molecule is O=C(NCCCn1cnc2ccccc21)C1CCCN(S(=O)(=O)c2ccc(F)cc2)C1. The molecule has 7 nitrogen and oxygen atoms in total. The fourth-order valence-electron chi connectivity index (χ4n) is 3.92. The molecule has 1 unspecified atom stereocenters. The van der Waals surface area contributed by atoms with Crippen LogP contribution in [-0.4, -0.2) is 47.8 Å². The molecule has 1 aliphatic heterocycles.